The fourth-order valence-corrected chi connectivity index (χ4v) is 4.25. The Labute approximate surface area is 149 Å². The summed E-state index contributed by atoms with van der Waals surface area (Å²) in [5.41, 5.74) is 0. The monoisotopic (exact) mass is 373 g/mol. The molecule has 0 N–H and O–H groups in total. The number of hydrogen-bond donors (Lipinski definition) is 0. The first-order valence-corrected chi connectivity index (χ1v) is 10.6. The second-order valence-electron chi connectivity index (χ2n) is 6.58. The first-order chi connectivity index (χ1) is 11.3. The van der Waals surface area contributed by atoms with Crippen LogP contribution in [-0.4, -0.2) is 74.8 Å². The maximum atomic E-state index is 12.0. The van der Waals surface area contributed by atoms with Crippen molar-refractivity contribution in [1.82, 2.24) is 14.2 Å². The third-order valence-electron chi connectivity index (χ3n) is 3.75. The predicted molar refractivity (Wildman–Crippen MR) is 96.9 cm³/mol. The normalized spacial score (nSPS) is 20.0. The molecule has 2 rings (SSSR count). The zero-order chi connectivity index (χ0) is 17.7. The molecule has 0 bridgehead atoms. The van der Waals surface area contributed by atoms with Crippen molar-refractivity contribution in [3.8, 4) is 0 Å². The van der Waals surface area contributed by atoms with Gasteiger partial charge in [-0.3, -0.25) is 4.90 Å². The van der Waals surface area contributed by atoms with Crippen molar-refractivity contribution in [2.45, 2.75) is 29.9 Å². The Hall–Kier alpha value is -0.670. The average molecular weight is 374 g/mol. The summed E-state index contributed by atoms with van der Waals surface area (Å²) in [6, 6.07) is 3.37. The minimum absolute atomic E-state index is 0.189. The Morgan fingerprint density at radius 2 is 2.17 bits per heavy atom. The lowest BCUT2D eigenvalue weighted by Crippen LogP contribution is -2.44. The number of nitrogens with zero attached hydrogens (tertiary/aromatic N) is 3. The molecule has 0 spiro atoms. The third-order valence-corrected chi connectivity index (χ3v) is 6.63. The quantitative estimate of drug-likeness (QED) is 0.679. The van der Waals surface area contributed by atoms with Crippen LogP contribution in [0.2, 0.25) is 0 Å². The zero-order valence-electron chi connectivity index (χ0n) is 14.8. The van der Waals surface area contributed by atoms with E-state index in [0.29, 0.717) is 5.92 Å². The smallest absolute Gasteiger partial charge is 0.244 e. The van der Waals surface area contributed by atoms with Crippen LogP contribution in [0.4, 0.5) is 0 Å². The molecule has 0 aromatic carbocycles. The molecule has 6 nitrogen and oxygen atoms in total. The summed E-state index contributed by atoms with van der Waals surface area (Å²) in [5, 5.41) is 0.817. The Morgan fingerprint density at radius 1 is 1.42 bits per heavy atom. The summed E-state index contributed by atoms with van der Waals surface area (Å²) < 4.78 is 31.1. The number of aromatic nitrogens is 1. The highest BCUT2D eigenvalue weighted by Crippen LogP contribution is 2.21. The van der Waals surface area contributed by atoms with Crippen LogP contribution in [0, 0.1) is 5.92 Å². The van der Waals surface area contributed by atoms with Crippen LogP contribution >= 0.6 is 11.8 Å². The molecule has 136 valence electrons. The second kappa shape index (κ2) is 8.62. The minimum Gasteiger partial charge on any atom is -0.375 e. The lowest BCUT2D eigenvalue weighted by atomic mass is 10.2. The molecule has 8 heteroatoms. The van der Waals surface area contributed by atoms with Gasteiger partial charge in [-0.2, -0.15) is 0 Å². The van der Waals surface area contributed by atoms with Gasteiger partial charge in [-0.15, -0.1) is 11.8 Å². The van der Waals surface area contributed by atoms with Crippen LogP contribution in [0.15, 0.2) is 28.3 Å². The van der Waals surface area contributed by atoms with Crippen LogP contribution in [0.1, 0.15) is 13.8 Å². The highest BCUT2D eigenvalue weighted by molar-refractivity contribution is 7.99. The number of pyridine rings is 1. The van der Waals surface area contributed by atoms with E-state index in [2.05, 4.69) is 23.7 Å². The van der Waals surface area contributed by atoms with E-state index < -0.39 is 10.0 Å². The van der Waals surface area contributed by atoms with Crippen molar-refractivity contribution < 1.29 is 13.2 Å². The van der Waals surface area contributed by atoms with Gasteiger partial charge < -0.3 is 4.74 Å². The molecule has 0 unspecified atom stereocenters. The predicted octanol–water partition coefficient (Wildman–Crippen LogP) is 1.78. The van der Waals surface area contributed by atoms with Crippen molar-refractivity contribution in [2.24, 2.45) is 5.92 Å². The van der Waals surface area contributed by atoms with E-state index >= 15 is 0 Å². The molecule has 1 atom stereocenters. The molecule has 0 saturated carbocycles. The van der Waals surface area contributed by atoms with Gasteiger partial charge in [-0.05, 0) is 18.1 Å². The molecular weight excluding hydrogens is 346 g/mol. The molecule has 1 fully saturated rings. The van der Waals surface area contributed by atoms with E-state index in [4.69, 9.17) is 4.74 Å². The minimum atomic E-state index is -3.42. The number of rotatable bonds is 7. The van der Waals surface area contributed by atoms with Crippen LogP contribution < -0.4 is 0 Å². The van der Waals surface area contributed by atoms with Crippen molar-refractivity contribution in [1.29, 1.82) is 0 Å². The molecule has 24 heavy (non-hydrogen) atoms. The summed E-state index contributed by atoms with van der Waals surface area (Å²) in [6.45, 7) is 8.26. The van der Waals surface area contributed by atoms with Gasteiger partial charge in [0.25, 0.3) is 0 Å². The van der Waals surface area contributed by atoms with E-state index in [1.54, 1.807) is 23.9 Å². The van der Waals surface area contributed by atoms with Crippen molar-refractivity contribution in [3.63, 3.8) is 0 Å². The topological polar surface area (TPSA) is 62.7 Å². The molecule has 0 aliphatic carbocycles. The highest BCUT2D eigenvalue weighted by atomic mass is 32.2. The largest absolute Gasteiger partial charge is 0.375 e. The SMILES string of the molecule is CC(C)CN1CCO[C@H](CSc2ccc(S(=O)(=O)N(C)C)cn2)C1. The molecule has 0 radical (unpaired) electrons. The Bertz CT molecular complexity index is 618. The summed E-state index contributed by atoms with van der Waals surface area (Å²) in [5.74, 6) is 1.48. The number of sulfonamides is 1. The van der Waals surface area contributed by atoms with Gasteiger partial charge in [-0.25, -0.2) is 17.7 Å². The lowest BCUT2D eigenvalue weighted by Gasteiger charge is -2.33. The second-order valence-corrected chi connectivity index (χ2v) is 9.77. The van der Waals surface area contributed by atoms with Gasteiger partial charge in [0, 0.05) is 45.7 Å². The standard InChI is InChI=1S/C16H27N3O3S2/c1-13(2)10-19-7-8-22-14(11-19)12-23-16-6-5-15(9-17-16)24(20,21)18(3)4/h5-6,9,13-14H,7-8,10-12H2,1-4H3/t14-/m0/s1. The summed E-state index contributed by atoms with van der Waals surface area (Å²) in [6.07, 6.45) is 1.61. The summed E-state index contributed by atoms with van der Waals surface area (Å²) in [4.78, 5) is 6.93. The average Bonchev–Trinajstić information content (AvgIpc) is 2.53. The first kappa shape index (κ1) is 19.7. The molecule has 1 aromatic rings. The molecule has 1 saturated heterocycles. The van der Waals surface area contributed by atoms with Crippen molar-refractivity contribution in [3.05, 3.63) is 18.3 Å². The Morgan fingerprint density at radius 3 is 2.75 bits per heavy atom. The number of ether oxygens (including phenoxy) is 1. The van der Waals surface area contributed by atoms with Crippen LogP contribution in [0.3, 0.4) is 0 Å². The molecular formula is C16H27N3O3S2. The van der Waals surface area contributed by atoms with Gasteiger partial charge in [0.2, 0.25) is 10.0 Å². The van der Waals surface area contributed by atoms with E-state index in [0.717, 1.165) is 37.0 Å². The first-order valence-electron chi connectivity index (χ1n) is 8.14. The van der Waals surface area contributed by atoms with Crippen LogP contribution in [-0.2, 0) is 14.8 Å². The molecule has 2 heterocycles. The van der Waals surface area contributed by atoms with E-state index in [1.165, 1.54) is 24.6 Å². The molecule has 1 aliphatic rings. The van der Waals surface area contributed by atoms with Gasteiger partial charge in [0.05, 0.1) is 17.7 Å². The molecule has 0 amide bonds. The highest BCUT2D eigenvalue weighted by Gasteiger charge is 2.22. The zero-order valence-corrected chi connectivity index (χ0v) is 16.4. The molecule has 1 aromatic heterocycles. The Balaban J connectivity index is 1.88. The van der Waals surface area contributed by atoms with Gasteiger partial charge in [0.1, 0.15) is 4.90 Å². The fraction of sp³-hybridized carbons (Fsp3) is 0.688. The fourth-order valence-electron chi connectivity index (χ4n) is 2.56. The maximum Gasteiger partial charge on any atom is 0.244 e. The van der Waals surface area contributed by atoms with Gasteiger partial charge >= 0.3 is 0 Å². The van der Waals surface area contributed by atoms with Crippen molar-refractivity contribution >= 4 is 21.8 Å². The Kier molecular flexibility index (Phi) is 7.06. The van der Waals surface area contributed by atoms with E-state index in [-0.39, 0.29) is 11.0 Å². The van der Waals surface area contributed by atoms with Crippen LogP contribution in [0.5, 0.6) is 0 Å². The van der Waals surface area contributed by atoms with Gasteiger partial charge in [-0.1, -0.05) is 13.8 Å². The van der Waals surface area contributed by atoms with E-state index in [1.807, 2.05) is 0 Å². The summed E-state index contributed by atoms with van der Waals surface area (Å²) in [7, 11) is -0.387. The van der Waals surface area contributed by atoms with Crippen LogP contribution in [0.25, 0.3) is 0 Å². The van der Waals surface area contributed by atoms with Crippen molar-refractivity contribution in [2.75, 3.05) is 46.1 Å². The van der Waals surface area contributed by atoms with E-state index in [9.17, 15) is 8.42 Å². The number of hydrogen-bond acceptors (Lipinski definition) is 6. The lowest BCUT2D eigenvalue weighted by molar-refractivity contribution is -0.0191. The maximum absolute atomic E-state index is 12.0. The number of thioether (sulfide) groups is 1. The summed E-state index contributed by atoms with van der Waals surface area (Å²) >= 11 is 1.60. The molecule has 1 aliphatic heterocycles. The van der Waals surface area contributed by atoms with Gasteiger partial charge in [0.15, 0.2) is 0 Å². The third kappa shape index (κ3) is 5.42. The number of morpholine rings is 1.